The molecule has 1 aliphatic heterocycles. The van der Waals surface area contributed by atoms with Crippen LogP contribution in [-0.2, 0) is 4.79 Å². The minimum absolute atomic E-state index is 0.230. The fourth-order valence-corrected chi connectivity index (χ4v) is 2.88. The van der Waals surface area contributed by atoms with Gasteiger partial charge in [0.05, 0.1) is 5.69 Å². The highest BCUT2D eigenvalue weighted by molar-refractivity contribution is 5.99. The normalized spacial score (nSPS) is 14.1. The number of nitrogens with zero attached hydrogens (tertiary/aromatic N) is 1. The third-order valence-corrected chi connectivity index (χ3v) is 4.08. The Labute approximate surface area is 142 Å². The highest BCUT2D eigenvalue weighted by atomic mass is 16.5. The van der Waals surface area contributed by atoms with Crippen molar-refractivity contribution in [1.82, 2.24) is 0 Å². The smallest absolute Gasteiger partial charge is 0.247 e. The summed E-state index contributed by atoms with van der Waals surface area (Å²) in [6.45, 7) is 5.55. The molecule has 4 nitrogen and oxygen atoms in total. The number of rotatable bonds is 5. The van der Waals surface area contributed by atoms with Crippen LogP contribution in [0.2, 0.25) is 0 Å². The van der Waals surface area contributed by atoms with Gasteiger partial charge in [-0.1, -0.05) is 24.8 Å². The molecule has 24 heavy (non-hydrogen) atoms. The fraction of sp³-hybridized carbons (Fsp3) is 0.250. The number of piperidine rings is 1. The summed E-state index contributed by atoms with van der Waals surface area (Å²) in [5, 5.41) is 2.79. The topological polar surface area (TPSA) is 41.6 Å². The van der Waals surface area contributed by atoms with Gasteiger partial charge in [-0.15, -0.1) is 0 Å². The Morgan fingerprint density at radius 2 is 1.83 bits per heavy atom. The SMILES string of the molecule is C=CC(=O)Nc1ccc(N2CCCCC2)c(Oc2ccccc2)c1. The van der Waals surface area contributed by atoms with Gasteiger partial charge >= 0.3 is 0 Å². The van der Waals surface area contributed by atoms with Gasteiger partial charge < -0.3 is 15.0 Å². The molecule has 1 heterocycles. The number of benzene rings is 2. The van der Waals surface area contributed by atoms with Crippen molar-refractivity contribution in [3.05, 3.63) is 61.2 Å². The maximum Gasteiger partial charge on any atom is 0.247 e. The van der Waals surface area contributed by atoms with Crippen molar-refractivity contribution in [3.63, 3.8) is 0 Å². The van der Waals surface area contributed by atoms with Crippen molar-refractivity contribution in [1.29, 1.82) is 0 Å². The lowest BCUT2D eigenvalue weighted by molar-refractivity contribution is -0.111. The Morgan fingerprint density at radius 3 is 2.54 bits per heavy atom. The molecule has 1 N–H and O–H groups in total. The van der Waals surface area contributed by atoms with E-state index >= 15 is 0 Å². The molecule has 1 amide bonds. The summed E-state index contributed by atoms with van der Waals surface area (Å²) in [5.41, 5.74) is 1.77. The predicted molar refractivity (Wildman–Crippen MR) is 97.8 cm³/mol. The Hall–Kier alpha value is -2.75. The Bertz CT molecular complexity index is 707. The highest BCUT2D eigenvalue weighted by Crippen LogP contribution is 2.36. The Morgan fingerprint density at radius 1 is 1.08 bits per heavy atom. The van der Waals surface area contributed by atoms with Crippen molar-refractivity contribution in [3.8, 4) is 11.5 Å². The second kappa shape index (κ2) is 7.68. The molecule has 124 valence electrons. The van der Waals surface area contributed by atoms with Crippen molar-refractivity contribution in [2.45, 2.75) is 19.3 Å². The lowest BCUT2D eigenvalue weighted by Gasteiger charge is -2.30. The average molecular weight is 322 g/mol. The lowest BCUT2D eigenvalue weighted by Crippen LogP contribution is -2.29. The molecule has 3 rings (SSSR count). The molecule has 1 aliphatic rings. The van der Waals surface area contributed by atoms with Crippen LogP contribution in [0.1, 0.15) is 19.3 Å². The lowest BCUT2D eigenvalue weighted by atomic mass is 10.1. The standard InChI is InChI=1S/C20H22N2O2/c1-2-20(23)21-16-11-12-18(22-13-7-4-8-14-22)19(15-16)24-17-9-5-3-6-10-17/h2-3,5-6,9-12,15H,1,4,7-8,13-14H2,(H,21,23). The molecular weight excluding hydrogens is 300 g/mol. The molecule has 2 aromatic rings. The van der Waals surface area contributed by atoms with Crippen LogP contribution in [0.25, 0.3) is 0 Å². The molecule has 0 radical (unpaired) electrons. The van der Waals surface area contributed by atoms with E-state index in [-0.39, 0.29) is 5.91 Å². The number of carbonyl (C=O) groups is 1. The zero-order valence-corrected chi connectivity index (χ0v) is 13.7. The molecular formula is C20H22N2O2. The number of carbonyl (C=O) groups excluding carboxylic acids is 1. The van der Waals surface area contributed by atoms with Crippen LogP contribution in [0.4, 0.5) is 11.4 Å². The van der Waals surface area contributed by atoms with Crippen molar-refractivity contribution < 1.29 is 9.53 Å². The van der Waals surface area contributed by atoms with Gasteiger partial charge in [-0.2, -0.15) is 0 Å². The molecule has 4 heteroatoms. The third-order valence-electron chi connectivity index (χ3n) is 4.08. The second-order valence-electron chi connectivity index (χ2n) is 5.84. The second-order valence-corrected chi connectivity index (χ2v) is 5.84. The first-order valence-corrected chi connectivity index (χ1v) is 8.31. The van der Waals surface area contributed by atoms with Gasteiger partial charge in [-0.3, -0.25) is 4.79 Å². The largest absolute Gasteiger partial charge is 0.455 e. The summed E-state index contributed by atoms with van der Waals surface area (Å²) < 4.78 is 6.10. The number of hydrogen-bond acceptors (Lipinski definition) is 3. The Balaban J connectivity index is 1.91. The maximum atomic E-state index is 11.6. The summed E-state index contributed by atoms with van der Waals surface area (Å²) in [6.07, 6.45) is 4.93. The first kappa shape index (κ1) is 16.1. The van der Waals surface area contributed by atoms with Gasteiger partial charge in [-0.05, 0) is 49.6 Å². The van der Waals surface area contributed by atoms with Crippen LogP contribution in [0.15, 0.2) is 61.2 Å². The first-order chi connectivity index (χ1) is 11.8. The molecule has 0 aromatic heterocycles. The molecule has 0 atom stereocenters. The minimum Gasteiger partial charge on any atom is -0.455 e. The van der Waals surface area contributed by atoms with Gasteiger partial charge in [0.2, 0.25) is 5.91 Å². The number of nitrogens with one attached hydrogen (secondary N) is 1. The molecule has 0 unspecified atom stereocenters. The van der Waals surface area contributed by atoms with Crippen LogP contribution < -0.4 is 15.0 Å². The van der Waals surface area contributed by atoms with Gasteiger partial charge in [0.15, 0.2) is 5.75 Å². The van der Waals surface area contributed by atoms with Crippen LogP contribution in [0.3, 0.4) is 0 Å². The molecule has 0 saturated carbocycles. The van der Waals surface area contributed by atoms with Gasteiger partial charge in [-0.25, -0.2) is 0 Å². The van der Waals surface area contributed by atoms with E-state index in [1.54, 1.807) is 0 Å². The maximum absolute atomic E-state index is 11.6. The molecule has 2 aromatic carbocycles. The van der Waals surface area contributed by atoms with E-state index in [0.717, 1.165) is 30.3 Å². The third kappa shape index (κ3) is 3.96. The first-order valence-electron chi connectivity index (χ1n) is 8.31. The summed E-state index contributed by atoms with van der Waals surface area (Å²) >= 11 is 0. The van der Waals surface area contributed by atoms with E-state index in [2.05, 4.69) is 16.8 Å². The van der Waals surface area contributed by atoms with Crippen LogP contribution in [-0.4, -0.2) is 19.0 Å². The highest BCUT2D eigenvalue weighted by Gasteiger charge is 2.16. The molecule has 1 saturated heterocycles. The van der Waals surface area contributed by atoms with E-state index in [1.165, 1.54) is 25.3 Å². The molecule has 1 fully saturated rings. The summed E-state index contributed by atoms with van der Waals surface area (Å²) in [4.78, 5) is 13.9. The monoisotopic (exact) mass is 322 g/mol. The minimum atomic E-state index is -0.230. The van der Waals surface area contributed by atoms with E-state index in [0.29, 0.717) is 5.69 Å². The van der Waals surface area contributed by atoms with Crippen LogP contribution in [0, 0.1) is 0 Å². The van der Waals surface area contributed by atoms with E-state index in [4.69, 9.17) is 4.74 Å². The van der Waals surface area contributed by atoms with E-state index < -0.39 is 0 Å². The average Bonchev–Trinajstić information content (AvgIpc) is 2.63. The molecule has 0 spiro atoms. The van der Waals surface area contributed by atoms with Crippen LogP contribution >= 0.6 is 0 Å². The van der Waals surface area contributed by atoms with Gasteiger partial charge in [0.1, 0.15) is 5.75 Å². The number of ether oxygens (including phenoxy) is 1. The summed E-state index contributed by atoms with van der Waals surface area (Å²) in [7, 11) is 0. The number of hydrogen-bond donors (Lipinski definition) is 1. The molecule has 0 aliphatic carbocycles. The number of anilines is 2. The Kier molecular flexibility index (Phi) is 5.16. The zero-order valence-electron chi connectivity index (χ0n) is 13.7. The summed E-state index contributed by atoms with van der Waals surface area (Å²) in [6, 6.07) is 15.5. The number of para-hydroxylation sites is 1. The fourth-order valence-electron chi connectivity index (χ4n) is 2.88. The van der Waals surface area contributed by atoms with Gasteiger partial charge in [0.25, 0.3) is 0 Å². The summed E-state index contributed by atoms with van der Waals surface area (Å²) in [5.74, 6) is 1.30. The zero-order chi connectivity index (χ0) is 16.8. The van der Waals surface area contributed by atoms with Crippen LogP contribution in [0.5, 0.6) is 11.5 Å². The van der Waals surface area contributed by atoms with Crippen molar-refractivity contribution >= 4 is 17.3 Å². The number of amides is 1. The van der Waals surface area contributed by atoms with E-state index in [9.17, 15) is 4.79 Å². The quantitative estimate of drug-likeness (QED) is 0.818. The molecule has 0 bridgehead atoms. The van der Waals surface area contributed by atoms with Gasteiger partial charge in [0, 0.05) is 24.8 Å². The van der Waals surface area contributed by atoms with E-state index in [1.807, 2.05) is 48.5 Å². The predicted octanol–water partition coefficient (Wildman–Crippen LogP) is 4.59. The van der Waals surface area contributed by atoms with Crippen molar-refractivity contribution in [2.75, 3.05) is 23.3 Å². The van der Waals surface area contributed by atoms with Crippen molar-refractivity contribution in [2.24, 2.45) is 0 Å².